The predicted octanol–water partition coefficient (Wildman–Crippen LogP) is 3.24. The SMILES string of the molecule is COC(=O)N[C@H](C(=O)NCCCCC1CNC[C@@H](CS(=O)(=O)c2ccc(N)cc2)O1)C(c1ccccc1)c1ccccc1. The molecule has 3 atom stereocenters. The molecule has 0 aliphatic carbocycles. The average Bonchev–Trinajstić information content (AvgIpc) is 3.01. The number of methoxy groups -OCH3 is 1. The van der Waals surface area contributed by atoms with Gasteiger partial charge in [0.25, 0.3) is 0 Å². The van der Waals surface area contributed by atoms with Crippen LogP contribution in [-0.2, 0) is 24.1 Å². The van der Waals surface area contributed by atoms with E-state index in [1.807, 2.05) is 60.7 Å². The van der Waals surface area contributed by atoms with Crippen molar-refractivity contribution in [2.24, 2.45) is 0 Å². The molecule has 0 aromatic heterocycles. The number of rotatable bonds is 13. The summed E-state index contributed by atoms with van der Waals surface area (Å²) in [4.78, 5) is 26.0. The fraction of sp³-hybridized carbons (Fsp3) is 0.375. The number of nitrogen functional groups attached to an aromatic ring is 1. The second kappa shape index (κ2) is 15.5. The van der Waals surface area contributed by atoms with Crippen molar-refractivity contribution in [1.29, 1.82) is 0 Å². The van der Waals surface area contributed by atoms with E-state index < -0.39 is 34.0 Å². The number of carbonyl (C=O) groups excluding carboxylic acids is 2. The lowest BCUT2D eigenvalue weighted by atomic mass is 9.84. The van der Waals surface area contributed by atoms with Crippen LogP contribution in [0.5, 0.6) is 0 Å². The summed E-state index contributed by atoms with van der Waals surface area (Å²) < 4.78 is 36.6. The highest BCUT2D eigenvalue weighted by atomic mass is 32.2. The van der Waals surface area contributed by atoms with E-state index >= 15 is 0 Å². The van der Waals surface area contributed by atoms with Gasteiger partial charge in [0.2, 0.25) is 5.91 Å². The van der Waals surface area contributed by atoms with Crippen LogP contribution in [0.2, 0.25) is 0 Å². The van der Waals surface area contributed by atoms with Crippen LogP contribution in [0.15, 0.2) is 89.8 Å². The topological polar surface area (TPSA) is 149 Å². The Morgan fingerprint density at radius 2 is 1.53 bits per heavy atom. The van der Waals surface area contributed by atoms with Crippen molar-refractivity contribution >= 4 is 27.5 Å². The highest BCUT2D eigenvalue weighted by molar-refractivity contribution is 7.91. The van der Waals surface area contributed by atoms with E-state index in [2.05, 4.69) is 16.0 Å². The number of sulfone groups is 1. The van der Waals surface area contributed by atoms with E-state index in [4.69, 9.17) is 15.2 Å². The largest absolute Gasteiger partial charge is 0.453 e. The number of alkyl carbamates (subject to hydrolysis) is 1. The predicted molar refractivity (Wildman–Crippen MR) is 165 cm³/mol. The summed E-state index contributed by atoms with van der Waals surface area (Å²) in [6.45, 7) is 1.49. The molecule has 5 N–H and O–H groups in total. The van der Waals surface area contributed by atoms with Gasteiger partial charge in [-0.05, 0) is 54.7 Å². The van der Waals surface area contributed by atoms with Crippen LogP contribution in [-0.4, -0.2) is 71.2 Å². The third kappa shape index (κ3) is 9.28. The van der Waals surface area contributed by atoms with Gasteiger partial charge in [-0.3, -0.25) is 4.79 Å². The normalized spacial score (nSPS) is 17.6. The molecule has 43 heavy (non-hydrogen) atoms. The molecular formula is C32H40N4O6S. The molecule has 4 rings (SSSR count). The maximum absolute atomic E-state index is 13.5. The summed E-state index contributed by atoms with van der Waals surface area (Å²) in [5.74, 6) is -0.856. The Bertz CT molecular complexity index is 1380. The zero-order valence-electron chi connectivity index (χ0n) is 24.3. The van der Waals surface area contributed by atoms with Crippen molar-refractivity contribution in [3.63, 3.8) is 0 Å². The van der Waals surface area contributed by atoms with E-state index in [0.717, 1.165) is 17.5 Å². The highest BCUT2D eigenvalue weighted by Crippen LogP contribution is 2.28. The molecule has 1 unspecified atom stereocenters. The summed E-state index contributed by atoms with van der Waals surface area (Å²) >= 11 is 0. The van der Waals surface area contributed by atoms with Crippen molar-refractivity contribution < 1.29 is 27.5 Å². The molecule has 1 aliphatic heterocycles. The third-order valence-corrected chi connectivity index (χ3v) is 9.22. The van der Waals surface area contributed by atoms with Gasteiger partial charge in [-0.2, -0.15) is 0 Å². The Morgan fingerprint density at radius 3 is 2.14 bits per heavy atom. The Balaban J connectivity index is 1.30. The number of amides is 2. The van der Waals surface area contributed by atoms with Crippen molar-refractivity contribution in [1.82, 2.24) is 16.0 Å². The molecule has 230 valence electrons. The summed E-state index contributed by atoms with van der Waals surface area (Å²) in [5, 5.41) is 8.99. The van der Waals surface area contributed by atoms with Crippen LogP contribution in [0.1, 0.15) is 36.3 Å². The van der Waals surface area contributed by atoms with Gasteiger partial charge in [-0.1, -0.05) is 60.7 Å². The number of carbonyl (C=O) groups is 2. The second-order valence-electron chi connectivity index (χ2n) is 10.6. The molecule has 1 heterocycles. The number of morpholine rings is 1. The van der Waals surface area contributed by atoms with Gasteiger partial charge in [-0.25, -0.2) is 13.2 Å². The quantitative estimate of drug-likeness (QED) is 0.171. The fourth-order valence-corrected chi connectivity index (χ4v) is 6.69. The number of hydrogen-bond donors (Lipinski definition) is 4. The molecule has 0 spiro atoms. The van der Waals surface area contributed by atoms with Crippen LogP contribution in [0.25, 0.3) is 0 Å². The first-order chi connectivity index (χ1) is 20.8. The van der Waals surface area contributed by atoms with Crippen LogP contribution in [0.3, 0.4) is 0 Å². The third-order valence-electron chi connectivity index (χ3n) is 7.42. The summed E-state index contributed by atoms with van der Waals surface area (Å²) in [6.07, 6.45) is 0.880. The summed E-state index contributed by atoms with van der Waals surface area (Å²) in [7, 11) is -2.24. The number of hydrogen-bond acceptors (Lipinski definition) is 8. The van der Waals surface area contributed by atoms with E-state index in [9.17, 15) is 18.0 Å². The van der Waals surface area contributed by atoms with Crippen molar-refractivity contribution in [3.05, 3.63) is 96.1 Å². The number of anilines is 1. The van der Waals surface area contributed by atoms with Gasteiger partial charge >= 0.3 is 6.09 Å². The number of unbranched alkanes of at least 4 members (excludes halogenated alkanes) is 1. The monoisotopic (exact) mass is 608 g/mol. The van der Waals surface area contributed by atoms with Gasteiger partial charge in [0.05, 0.1) is 30.0 Å². The standard InChI is InChI=1S/C32H40N4O6S/c1-41-32(38)36-30(29(23-10-4-2-5-11-23)24-12-6-3-7-13-24)31(37)35-19-9-8-14-26-20-34-21-27(42-26)22-43(39,40)28-17-15-25(33)16-18-28/h2-7,10-13,15-18,26-27,29-30,34H,8-9,14,19-22,33H2,1H3,(H,35,37)(H,36,38)/t26?,27-,30-/m0/s1. The number of nitrogens with one attached hydrogen (secondary N) is 3. The molecule has 1 saturated heterocycles. The van der Waals surface area contributed by atoms with Crippen LogP contribution >= 0.6 is 0 Å². The molecule has 1 aliphatic rings. The molecule has 0 radical (unpaired) electrons. The first-order valence-electron chi connectivity index (χ1n) is 14.4. The van der Waals surface area contributed by atoms with Gasteiger partial charge in [0.15, 0.2) is 9.84 Å². The fourth-order valence-electron chi connectivity index (χ4n) is 5.26. The Labute approximate surface area is 253 Å². The smallest absolute Gasteiger partial charge is 0.407 e. The lowest BCUT2D eigenvalue weighted by Gasteiger charge is -2.31. The lowest BCUT2D eigenvalue weighted by Crippen LogP contribution is -2.50. The van der Waals surface area contributed by atoms with Crippen LogP contribution < -0.4 is 21.7 Å². The van der Waals surface area contributed by atoms with Crippen molar-refractivity contribution in [2.75, 3.05) is 38.2 Å². The van der Waals surface area contributed by atoms with E-state index in [0.29, 0.717) is 38.2 Å². The molecule has 0 bridgehead atoms. The van der Waals surface area contributed by atoms with E-state index in [1.165, 1.54) is 19.2 Å². The first-order valence-corrected chi connectivity index (χ1v) is 16.1. The minimum Gasteiger partial charge on any atom is -0.453 e. The Hall–Kier alpha value is -3.93. The lowest BCUT2D eigenvalue weighted by molar-refractivity contribution is -0.123. The second-order valence-corrected chi connectivity index (χ2v) is 12.6. The molecule has 2 amide bonds. The molecule has 11 heteroatoms. The zero-order valence-corrected chi connectivity index (χ0v) is 25.1. The molecule has 10 nitrogen and oxygen atoms in total. The van der Waals surface area contributed by atoms with Crippen molar-refractivity contribution in [3.8, 4) is 0 Å². The minimum atomic E-state index is -3.51. The maximum Gasteiger partial charge on any atom is 0.407 e. The Morgan fingerprint density at radius 1 is 0.930 bits per heavy atom. The minimum absolute atomic E-state index is 0.116. The molecule has 3 aromatic carbocycles. The molecule has 0 saturated carbocycles. The van der Waals surface area contributed by atoms with Gasteiger partial charge in [0.1, 0.15) is 6.04 Å². The van der Waals surface area contributed by atoms with Crippen molar-refractivity contribution in [2.45, 2.75) is 48.3 Å². The summed E-state index contributed by atoms with van der Waals surface area (Å²) in [5.41, 5.74) is 7.97. The van der Waals surface area contributed by atoms with E-state index in [1.54, 1.807) is 12.1 Å². The number of ether oxygens (including phenoxy) is 2. The molecule has 1 fully saturated rings. The molecule has 3 aromatic rings. The highest BCUT2D eigenvalue weighted by Gasteiger charge is 2.33. The van der Waals surface area contributed by atoms with Crippen LogP contribution in [0.4, 0.5) is 10.5 Å². The first kappa shape index (κ1) is 32.0. The zero-order chi connectivity index (χ0) is 30.7. The number of benzene rings is 3. The van der Waals surface area contributed by atoms with Crippen LogP contribution in [0, 0.1) is 0 Å². The van der Waals surface area contributed by atoms with Gasteiger partial charge < -0.3 is 31.2 Å². The number of nitrogens with two attached hydrogens (primary N) is 1. The van der Waals surface area contributed by atoms with Gasteiger partial charge in [0, 0.05) is 31.2 Å². The summed E-state index contributed by atoms with van der Waals surface area (Å²) in [6, 6.07) is 24.4. The Kier molecular flexibility index (Phi) is 11.5. The van der Waals surface area contributed by atoms with Gasteiger partial charge in [-0.15, -0.1) is 0 Å². The average molecular weight is 609 g/mol. The maximum atomic E-state index is 13.5. The van der Waals surface area contributed by atoms with E-state index in [-0.39, 0.29) is 22.7 Å². The molecular weight excluding hydrogens is 568 g/mol.